The predicted molar refractivity (Wildman–Crippen MR) is 55.0 cm³/mol. The van der Waals surface area contributed by atoms with E-state index in [1.165, 1.54) is 7.11 Å². The van der Waals surface area contributed by atoms with Gasteiger partial charge in [-0.05, 0) is 24.6 Å². The largest absolute Gasteiger partial charge is 0.465 e. The summed E-state index contributed by atoms with van der Waals surface area (Å²) < 4.78 is 4.58. The zero-order chi connectivity index (χ0) is 11.3. The highest BCUT2D eigenvalue weighted by Crippen LogP contribution is 2.10. The molecule has 3 heteroatoms. The minimum atomic E-state index is -0.407. The number of ether oxygens (including phenoxy) is 1. The van der Waals surface area contributed by atoms with Crippen molar-refractivity contribution in [2.75, 3.05) is 7.11 Å². The van der Waals surface area contributed by atoms with Gasteiger partial charge in [-0.2, -0.15) is 5.26 Å². The monoisotopic (exact) mass is 199 g/mol. The molecule has 0 bridgehead atoms. The van der Waals surface area contributed by atoms with E-state index in [1.807, 2.05) is 6.92 Å². The molecule has 0 saturated carbocycles. The summed E-state index contributed by atoms with van der Waals surface area (Å²) >= 11 is 0. The van der Waals surface area contributed by atoms with Crippen molar-refractivity contribution in [2.45, 2.75) is 6.92 Å². The maximum atomic E-state index is 11.2. The molecule has 3 nitrogen and oxygen atoms in total. The molecule has 0 aromatic heterocycles. The van der Waals surface area contributed by atoms with Gasteiger partial charge in [-0.15, -0.1) is 0 Å². The van der Waals surface area contributed by atoms with Crippen LogP contribution in [0.4, 0.5) is 0 Å². The summed E-state index contributed by atoms with van der Waals surface area (Å²) in [4.78, 5) is 11.2. The second-order valence-electron chi connectivity index (χ2n) is 2.88. The Morgan fingerprint density at radius 3 is 2.80 bits per heavy atom. The number of rotatable bonds is 1. The Bertz CT molecular complexity index is 487. The Hall–Kier alpha value is -2.26. The van der Waals surface area contributed by atoms with E-state index in [1.54, 1.807) is 24.3 Å². The van der Waals surface area contributed by atoms with Gasteiger partial charge in [0.1, 0.15) is 0 Å². The number of carbonyl (C=O) groups is 1. The Morgan fingerprint density at radius 1 is 1.47 bits per heavy atom. The third-order valence-electron chi connectivity index (χ3n) is 1.91. The molecule has 0 atom stereocenters. The van der Waals surface area contributed by atoms with Crippen LogP contribution in [0.2, 0.25) is 0 Å². The molecule has 74 valence electrons. The molecule has 1 aromatic rings. The van der Waals surface area contributed by atoms with Crippen LogP contribution in [0.15, 0.2) is 18.2 Å². The molecule has 0 heterocycles. The van der Waals surface area contributed by atoms with Crippen LogP contribution in [0, 0.1) is 30.1 Å². The molecule has 0 N–H and O–H groups in total. The second-order valence-corrected chi connectivity index (χ2v) is 2.88. The highest BCUT2D eigenvalue weighted by atomic mass is 16.5. The standard InChI is InChI=1S/C12H9NO2/c1-9-5-6-11(12(14)15-2)8-10(9)4-3-7-13/h5-6,8H,1-2H3. The third kappa shape index (κ3) is 2.59. The van der Waals surface area contributed by atoms with Crippen LogP contribution in [-0.2, 0) is 4.74 Å². The lowest BCUT2D eigenvalue weighted by Crippen LogP contribution is -2.01. The number of esters is 1. The minimum absolute atomic E-state index is 0.407. The molecule has 0 amide bonds. The molecule has 1 aromatic carbocycles. The number of hydrogen-bond acceptors (Lipinski definition) is 3. The van der Waals surface area contributed by atoms with Gasteiger partial charge in [0.25, 0.3) is 0 Å². The van der Waals surface area contributed by atoms with E-state index >= 15 is 0 Å². The van der Waals surface area contributed by atoms with Gasteiger partial charge in [-0.3, -0.25) is 0 Å². The number of nitrogens with zero attached hydrogens (tertiary/aromatic N) is 1. The van der Waals surface area contributed by atoms with Crippen LogP contribution < -0.4 is 0 Å². The van der Waals surface area contributed by atoms with Crippen LogP contribution in [0.1, 0.15) is 21.5 Å². The molecule has 1 rings (SSSR count). The zero-order valence-corrected chi connectivity index (χ0v) is 8.50. The van der Waals surface area contributed by atoms with Crippen molar-refractivity contribution in [3.05, 3.63) is 34.9 Å². The first-order chi connectivity index (χ1) is 7.19. The summed E-state index contributed by atoms with van der Waals surface area (Å²) in [7, 11) is 1.32. The average Bonchev–Trinajstić information content (AvgIpc) is 2.27. The summed E-state index contributed by atoms with van der Waals surface area (Å²) in [6.07, 6.45) is 0. The van der Waals surface area contributed by atoms with E-state index < -0.39 is 5.97 Å². The molecule has 15 heavy (non-hydrogen) atoms. The number of nitriles is 1. The molecule has 0 aliphatic heterocycles. The van der Waals surface area contributed by atoms with Crippen LogP contribution in [0.5, 0.6) is 0 Å². The summed E-state index contributed by atoms with van der Waals surface area (Å²) in [5.74, 6) is 4.55. The number of methoxy groups -OCH3 is 1. The topological polar surface area (TPSA) is 50.1 Å². The highest BCUT2D eigenvalue weighted by molar-refractivity contribution is 5.89. The summed E-state index contributed by atoms with van der Waals surface area (Å²) in [6.45, 7) is 1.86. The van der Waals surface area contributed by atoms with Gasteiger partial charge in [0, 0.05) is 11.5 Å². The second kappa shape index (κ2) is 4.83. The Morgan fingerprint density at radius 2 is 2.20 bits per heavy atom. The van der Waals surface area contributed by atoms with Gasteiger partial charge in [0.05, 0.1) is 12.7 Å². The molecule has 0 saturated heterocycles. The SMILES string of the molecule is COC(=O)c1ccc(C)c(C#CC#N)c1. The Kier molecular flexibility index (Phi) is 3.49. The van der Waals surface area contributed by atoms with Crippen LogP contribution in [-0.4, -0.2) is 13.1 Å². The van der Waals surface area contributed by atoms with E-state index in [4.69, 9.17) is 5.26 Å². The first-order valence-electron chi connectivity index (χ1n) is 4.28. The van der Waals surface area contributed by atoms with E-state index in [-0.39, 0.29) is 0 Å². The maximum Gasteiger partial charge on any atom is 0.337 e. The van der Waals surface area contributed by atoms with Gasteiger partial charge in [0.15, 0.2) is 6.07 Å². The molecule has 0 aliphatic rings. The minimum Gasteiger partial charge on any atom is -0.465 e. The van der Waals surface area contributed by atoms with Crippen molar-refractivity contribution >= 4 is 5.97 Å². The molecule has 0 fully saturated rings. The van der Waals surface area contributed by atoms with Gasteiger partial charge >= 0.3 is 5.97 Å². The lowest BCUT2D eigenvalue weighted by Gasteiger charge is -2.01. The molecule has 0 radical (unpaired) electrons. The van der Waals surface area contributed by atoms with Crippen molar-refractivity contribution in [2.24, 2.45) is 0 Å². The van der Waals surface area contributed by atoms with Crippen molar-refractivity contribution in [1.29, 1.82) is 5.26 Å². The van der Waals surface area contributed by atoms with Crippen molar-refractivity contribution in [1.82, 2.24) is 0 Å². The molecule has 0 aliphatic carbocycles. The number of hydrogen-bond donors (Lipinski definition) is 0. The van der Waals surface area contributed by atoms with E-state index in [0.717, 1.165) is 5.56 Å². The van der Waals surface area contributed by atoms with Crippen molar-refractivity contribution in [3.8, 4) is 17.9 Å². The van der Waals surface area contributed by atoms with Gasteiger partial charge in [-0.1, -0.05) is 12.0 Å². The lowest BCUT2D eigenvalue weighted by molar-refractivity contribution is 0.0600. The molecular weight excluding hydrogens is 190 g/mol. The van der Waals surface area contributed by atoms with E-state index in [9.17, 15) is 4.79 Å². The average molecular weight is 199 g/mol. The molecule has 0 unspecified atom stereocenters. The number of benzene rings is 1. The summed E-state index contributed by atoms with van der Waals surface area (Å²) in [5, 5.41) is 8.33. The fraction of sp³-hybridized carbons (Fsp3) is 0.167. The first-order valence-corrected chi connectivity index (χ1v) is 4.28. The van der Waals surface area contributed by atoms with Crippen LogP contribution in [0.25, 0.3) is 0 Å². The highest BCUT2D eigenvalue weighted by Gasteiger charge is 2.06. The number of carbonyl (C=O) groups excluding carboxylic acids is 1. The Balaban J connectivity index is 3.18. The molecule has 0 spiro atoms. The van der Waals surface area contributed by atoms with Gasteiger partial charge in [0.2, 0.25) is 0 Å². The molecular formula is C12H9NO2. The van der Waals surface area contributed by atoms with Gasteiger partial charge < -0.3 is 4.74 Å². The fourth-order valence-corrected chi connectivity index (χ4v) is 1.10. The maximum absolute atomic E-state index is 11.2. The lowest BCUT2D eigenvalue weighted by atomic mass is 10.1. The van der Waals surface area contributed by atoms with Crippen molar-refractivity contribution < 1.29 is 9.53 Å². The van der Waals surface area contributed by atoms with Crippen molar-refractivity contribution in [3.63, 3.8) is 0 Å². The number of aryl methyl sites for hydroxylation is 1. The van der Waals surface area contributed by atoms with Crippen LogP contribution >= 0.6 is 0 Å². The fourth-order valence-electron chi connectivity index (χ4n) is 1.10. The van der Waals surface area contributed by atoms with Crippen LogP contribution in [0.3, 0.4) is 0 Å². The quantitative estimate of drug-likeness (QED) is 0.510. The normalized spacial score (nSPS) is 8.33. The van der Waals surface area contributed by atoms with Gasteiger partial charge in [-0.25, -0.2) is 4.79 Å². The smallest absolute Gasteiger partial charge is 0.337 e. The zero-order valence-electron chi connectivity index (χ0n) is 8.50. The third-order valence-corrected chi connectivity index (χ3v) is 1.91. The van der Waals surface area contributed by atoms with E-state index in [2.05, 4.69) is 16.6 Å². The Labute approximate surface area is 88.3 Å². The first kappa shape index (κ1) is 10.8. The summed E-state index contributed by atoms with van der Waals surface area (Å²) in [5.41, 5.74) is 2.02. The van der Waals surface area contributed by atoms with E-state index in [0.29, 0.717) is 11.1 Å². The predicted octanol–water partition coefficient (Wildman–Crippen LogP) is 1.66. The summed E-state index contributed by atoms with van der Waals surface area (Å²) in [6, 6.07) is 6.78.